The predicted molar refractivity (Wildman–Crippen MR) is 91.6 cm³/mol. The Bertz CT molecular complexity index is 581. The molecule has 5 rings (SSSR count). The first kappa shape index (κ1) is 14.4. The molecule has 0 spiro atoms. The summed E-state index contributed by atoms with van der Waals surface area (Å²) in [6.07, 6.45) is 2.46. The van der Waals surface area contributed by atoms with E-state index in [4.69, 9.17) is 0 Å². The van der Waals surface area contributed by atoms with Crippen molar-refractivity contribution in [3.8, 4) is 0 Å². The van der Waals surface area contributed by atoms with Gasteiger partial charge in [0.15, 0.2) is 0 Å². The summed E-state index contributed by atoms with van der Waals surface area (Å²) in [7, 11) is 0. The minimum absolute atomic E-state index is 0.143. The molecule has 116 valence electrons. The topological polar surface area (TPSA) is 32.3 Å². The van der Waals surface area contributed by atoms with Crippen LogP contribution in [0.25, 0.3) is 0 Å². The number of thiophene rings is 2. The zero-order valence-electron chi connectivity index (χ0n) is 12.4. The lowest BCUT2D eigenvalue weighted by molar-refractivity contribution is -0.123. The van der Waals surface area contributed by atoms with E-state index in [1.807, 2.05) is 12.1 Å². The maximum Gasteiger partial charge on any atom is 0.233 e. The van der Waals surface area contributed by atoms with Crippen LogP contribution in [0.3, 0.4) is 0 Å². The second-order valence-corrected chi connectivity index (χ2v) is 8.18. The van der Waals surface area contributed by atoms with Crippen LogP contribution in [0.5, 0.6) is 0 Å². The van der Waals surface area contributed by atoms with Crippen molar-refractivity contribution >= 4 is 28.6 Å². The van der Waals surface area contributed by atoms with E-state index < -0.39 is 0 Å². The van der Waals surface area contributed by atoms with Crippen molar-refractivity contribution in [1.82, 2.24) is 10.2 Å². The number of hydrogen-bond donors (Lipinski definition) is 1. The molecule has 2 aromatic rings. The van der Waals surface area contributed by atoms with Gasteiger partial charge in [-0.1, -0.05) is 12.1 Å². The van der Waals surface area contributed by atoms with Crippen LogP contribution in [0, 0.1) is 5.92 Å². The monoisotopic (exact) mass is 332 g/mol. The minimum Gasteiger partial charge on any atom is -0.351 e. The molecule has 1 amide bonds. The lowest BCUT2D eigenvalue weighted by atomic mass is 9.83. The molecule has 2 aromatic heterocycles. The summed E-state index contributed by atoms with van der Waals surface area (Å²) in [5.41, 5.74) is 0. The second-order valence-electron chi connectivity index (χ2n) is 6.22. The Balaban J connectivity index is 1.54. The highest BCUT2D eigenvalue weighted by Gasteiger charge is 2.36. The average Bonchev–Trinajstić information content (AvgIpc) is 3.23. The van der Waals surface area contributed by atoms with Crippen molar-refractivity contribution in [3.05, 3.63) is 44.8 Å². The maximum atomic E-state index is 13.0. The third-order valence-electron chi connectivity index (χ3n) is 4.90. The van der Waals surface area contributed by atoms with Crippen molar-refractivity contribution in [3.63, 3.8) is 0 Å². The number of piperidine rings is 3. The van der Waals surface area contributed by atoms with Gasteiger partial charge in [0.1, 0.15) is 5.92 Å². The molecule has 1 N–H and O–H groups in total. The fourth-order valence-electron chi connectivity index (χ4n) is 3.70. The fraction of sp³-hybridized carbons (Fsp3) is 0.471. The number of carbonyl (C=O) groups excluding carboxylic acids is 1. The third-order valence-corrected chi connectivity index (χ3v) is 6.78. The maximum absolute atomic E-state index is 13.0. The van der Waals surface area contributed by atoms with E-state index in [9.17, 15) is 4.79 Å². The smallest absolute Gasteiger partial charge is 0.233 e. The zero-order valence-corrected chi connectivity index (χ0v) is 14.0. The molecule has 3 aliphatic heterocycles. The highest BCUT2D eigenvalue weighted by molar-refractivity contribution is 7.11. The number of rotatable bonds is 4. The van der Waals surface area contributed by atoms with Gasteiger partial charge in [-0.05, 0) is 54.7 Å². The first-order valence-electron chi connectivity index (χ1n) is 7.91. The van der Waals surface area contributed by atoms with E-state index in [0.29, 0.717) is 12.0 Å². The molecular weight excluding hydrogens is 312 g/mol. The van der Waals surface area contributed by atoms with Gasteiger partial charge in [0.05, 0.1) is 0 Å². The van der Waals surface area contributed by atoms with Gasteiger partial charge >= 0.3 is 0 Å². The number of fused-ring (bicyclic) bond motifs is 3. The first-order valence-corrected chi connectivity index (χ1v) is 9.67. The van der Waals surface area contributed by atoms with Crippen LogP contribution in [-0.4, -0.2) is 36.5 Å². The summed E-state index contributed by atoms with van der Waals surface area (Å²) in [4.78, 5) is 17.7. The number of hydrogen-bond acceptors (Lipinski definition) is 4. The Hall–Kier alpha value is -1.17. The van der Waals surface area contributed by atoms with Crippen molar-refractivity contribution in [2.45, 2.75) is 24.8 Å². The number of carbonyl (C=O) groups is 1. The minimum atomic E-state index is -0.143. The second kappa shape index (κ2) is 6.14. The van der Waals surface area contributed by atoms with E-state index in [0.717, 1.165) is 16.3 Å². The van der Waals surface area contributed by atoms with Crippen molar-refractivity contribution < 1.29 is 4.79 Å². The van der Waals surface area contributed by atoms with Gasteiger partial charge in [0, 0.05) is 22.3 Å². The van der Waals surface area contributed by atoms with E-state index >= 15 is 0 Å². The van der Waals surface area contributed by atoms with Gasteiger partial charge in [-0.3, -0.25) is 4.79 Å². The van der Waals surface area contributed by atoms with Gasteiger partial charge < -0.3 is 10.2 Å². The van der Waals surface area contributed by atoms with Crippen LogP contribution in [0.1, 0.15) is 28.5 Å². The Morgan fingerprint density at radius 2 is 1.77 bits per heavy atom. The molecule has 22 heavy (non-hydrogen) atoms. The average molecular weight is 332 g/mol. The molecule has 0 radical (unpaired) electrons. The number of nitrogens with zero attached hydrogens (tertiary/aromatic N) is 1. The quantitative estimate of drug-likeness (QED) is 0.933. The number of nitrogens with one attached hydrogen (secondary N) is 1. The Kier molecular flexibility index (Phi) is 4.03. The highest BCUT2D eigenvalue weighted by Crippen LogP contribution is 2.33. The molecule has 3 nitrogen and oxygen atoms in total. The largest absolute Gasteiger partial charge is 0.351 e. The molecule has 0 saturated carbocycles. The van der Waals surface area contributed by atoms with Crippen molar-refractivity contribution in [2.75, 3.05) is 19.6 Å². The molecule has 2 bridgehead atoms. The lowest BCUT2D eigenvalue weighted by Crippen LogP contribution is -2.57. The first-order chi connectivity index (χ1) is 10.8. The summed E-state index contributed by atoms with van der Waals surface area (Å²) in [6, 6.07) is 8.54. The number of amides is 1. The van der Waals surface area contributed by atoms with Gasteiger partial charge in [-0.2, -0.15) is 0 Å². The summed E-state index contributed by atoms with van der Waals surface area (Å²) in [6.45, 7) is 3.44. The summed E-state index contributed by atoms with van der Waals surface area (Å²) in [5.74, 6) is 0.695. The van der Waals surface area contributed by atoms with Crippen LogP contribution in [0.4, 0.5) is 0 Å². The van der Waals surface area contributed by atoms with Crippen LogP contribution >= 0.6 is 22.7 Å². The van der Waals surface area contributed by atoms with Crippen LogP contribution in [-0.2, 0) is 4.79 Å². The Morgan fingerprint density at radius 3 is 2.23 bits per heavy atom. The standard InChI is InChI=1S/C17H20N2OS2/c20-17(18-13-11-19-7-5-12(13)6-8-19)16(14-3-1-9-21-14)15-4-2-10-22-15/h1-4,9-10,12-13,16H,5-8,11H2,(H,18,20). The highest BCUT2D eigenvalue weighted by atomic mass is 32.1. The van der Waals surface area contributed by atoms with E-state index in [1.165, 1.54) is 25.9 Å². The predicted octanol–water partition coefficient (Wildman–Crippen LogP) is 3.15. The van der Waals surface area contributed by atoms with Gasteiger partial charge in [0.25, 0.3) is 0 Å². The molecule has 1 unspecified atom stereocenters. The molecule has 3 aliphatic rings. The fourth-order valence-corrected chi connectivity index (χ4v) is 5.46. The molecule has 3 fully saturated rings. The molecule has 5 heteroatoms. The normalized spacial score (nSPS) is 27.2. The van der Waals surface area contributed by atoms with Gasteiger partial charge in [0.2, 0.25) is 5.91 Å². The molecule has 5 heterocycles. The Labute approximate surface area is 139 Å². The van der Waals surface area contributed by atoms with Crippen LogP contribution in [0.2, 0.25) is 0 Å². The van der Waals surface area contributed by atoms with E-state index in [1.54, 1.807) is 22.7 Å². The van der Waals surface area contributed by atoms with Gasteiger partial charge in [-0.15, -0.1) is 22.7 Å². The Morgan fingerprint density at radius 1 is 1.14 bits per heavy atom. The summed E-state index contributed by atoms with van der Waals surface area (Å²) < 4.78 is 0. The SMILES string of the molecule is O=C(NC1CN2CCC1CC2)C(c1cccs1)c1cccs1. The lowest BCUT2D eigenvalue weighted by Gasteiger charge is -2.45. The van der Waals surface area contributed by atoms with Crippen molar-refractivity contribution in [1.29, 1.82) is 0 Å². The van der Waals surface area contributed by atoms with Crippen LogP contribution in [0.15, 0.2) is 35.0 Å². The third kappa shape index (κ3) is 2.73. The van der Waals surface area contributed by atoms with E-state index in [-0.39, 0.29) is 11.8 Å². The summed E-state index contributed by atoms with van der Waals surface area (Å²) in [5, 5.41) is 7.47. The molecule has 1 atom stereocenters. The molecule has 3 saturated heterocycles. The van der Waals surface area contributed by atoms with Crippen LogP contribution < -0.4 is 5.32 Å². The summed E-state index contributed by atoms with van der Waals surface area (Å²) >= 11 is 3.34. The van der Waals surface area contributed by atoms with Crippen molar-refractivity contribution in [2.24, 2.45) is 5.92 Å². The zero-order chi connectivity index (χ0) is 14.9. The van der Waals surface area contributed by atoms with Gasteiger partial charge in [-0.25, -0.2) is 0 Å². The molecule has 0 aromatic carbocycles. The molecular formula is C17H20N2OS2. The molecule has 0 aliphatic carbocycles. The van der Waals surface area contributed by atoms with E-state index in [2.05, 4.69) is 33.1 Å².